The molecular formula is C12H20O3. The van der Waals surface area contributed by atoms with Crippen molar-refractivity contribution < 1.29 is 14.3 Å². The summed E-state index contributed by atoms with van der Waals surface area (Å²) in [6, 6.07) is 0. The Morgan fingerprint density at radius 1 is 1.47 bits per heavy atom. The summed E-state index contributed by atoms with van der Waals surface area (Å²) in [5.41, 5.74) is 1.03. The molecule has 1 aliphatic rings. The number of hydrogen-bond acceptors (Lipinski definition) is 3. The zero-order valence-electron chi connectivity index (χ0n) is 9.84. The smallest absolute Gasteiger partial charge is 0.438 e. The molecule has 1 unspecified atom stereocenters. The predicted octanol–water partition coefficient (Wildman–Crippen LogP) is 3.44. The van der Waals surface area contributed by atoms with Gasteiger partial charge in [0, 0.05) is 0 Å². The summed E-state index contributed by atoms with van der Waals surface area (Å²) in [5, 5.41) is 0. The highest BCUT2D eigenvalue weighted by atomic mass is 16.7. The van der Waals surface area contributed by atoms with E-state index in [1.807, 2.05) is 6.92 Å². The second-order valence-corrected chi connectivity index (χ2v) is 4.45. The third-order valence-electron chi connectivity index (χ3n) is 2.95. The van der Waals surface area contributed by atoms with Crippen molar-refractivity contribution in [2.24, 2.45) is 0 Å². The van der Waals surface area contributed by atoms with Crippen LogP contribution in [0.4, 0.5) is 4.79 Å². The minimum atomic E-state index is -0.570. The molecule has 0 spiro atoms. The van der Waals surface area contributed by atoms with Gasteiger partial charge in [0.05, 0.1) is 7.11 Å². The van der Waals surface area contributed by atoms with Gasteiger partial charge in [0.2, 0.25) is 0 Å². The van der Waals surface area contributed by atoms with Crippen LogP contribution in [0.1, 0.15) is 46.0 Å². The Morgan fingerprint density at radius 2 is 2.20 bits per heavy atom. The second-order valence-electron chi connectivity index (χ2n) is 4.45. The average Bonchev–Trinajstić information content (AvgIpc) is 2.19. The first-order valence-electron chi connectivity index (χ1n) is 5.48. The van der Waals surface area contributed by atoms with Gasteiger partial charge >= 0.3 is 6.16 Å². The molecule has 0 aliphatic heterocycles. The predicted molar refractivity (Wildman–Crippen MR) is 58.7 cm³/mol. The molecule has 3 heteroatoms. The Balaban J connectivity index is 2.58. The van der Waals surface area contributed by atoms with Gasteiger partial charge in [-0.25, -0.2) is 4.79 Å². The van der Waals surface area contributed by atoms with Gasteiger partial charge in [-0.3, -0.25) is 0 Å². The van der Waals surface area contributed by atoms with E-state index >= 15 is 0 Å². The molecule has 0 amide bonds. The summed E-state index contributed by atoms with van der Waals surface area (Å²) in [6.45, 7) is 4.12. The fourth-order valence-corrected chi connectivity index (χ4v) is 1.86. The number of ether oxygens (including phenoxy) is 2. The zero-order chi connectivity index (χ0) is 11.3. The molecule has 1 rings (SSSR count). The molecule has 0 aromatic rings. The maximum Gasteiger partial charge on any atom is 0.508 e. The Hall–Kier alpha value is -0.990. The number of allylic oxidation sites excluding steroid dienone is 2. The molecule has 1 aliphatic carbocycles. The first-order valence-corrected chi connectivity index (χ1v) is 5.48. The molecule has 0 heterocycles. The van der Waals surface area contributed by atoms with Crippen molar-refractivity contribution >= 4 is 6.16 Å². The van der Waals surface area contributed by atoms with Gasteiger partial charge in [-0.1, -0.05) is 11.6 Å². The highest BCUT2D eigenvalue weighted by molar-refractivity contribution is 5.60. The van der Waals surface area contributed by atoms with Crippen molar-refractivity contribution in [1.29, 1.82) is 0 Å². The lowest BCUT2D eigenvalue weighted by atomic mass is 9.88. The van der Waals surface area contributed by atoms with E-state index in [9.17, 15) is 4.79 Å². The van der Waals surface area contributed by atoms with Crippen LogP contribution in [0.2, 0.25) is 0 Å². The van der Waals surface area contributed by atoms with Crippen LogP contribution in [0.25, 0.3) is 0 Å². The van der Waals surface area contributed by atoms with E-state index in [2.05, 4.69) is 17.7 Å². The van der Waals surface area contributed by atoms with Crippen LogP contribution in [-0.4, -0.2) is 18.9 Å². The molecule has 0 aromatic carbocycles. The van der Waals surface area contributed by atoms with Crippen molar-refractivity contribution in [3.05, 3.63) is 11.6 Å². The van der Waals surface area contributed by atoms with Crippen LogP contribution < -0.4 is 0 Å². The number of carbonyl (C=O) groups excluding carboxylic acids is 1. The molecule has 0 aromatic heterocycles. The largest absolute Gasteiger partial charge is 0.508 e. The fraction of sp³-hybridized carbons (Fsp3) is 0.750. The summed E-state index contributed by atoms with van der Waals surface area (Å²) < 4.78 is 9.86. The minimum Gasteiger partial charge on any atom is -0.438 e. The van der Waals surface area contributed by atoms with E-state index in [1.165, 1.54) is 12.7 Å². The van der Waals surface area contributed by atoms with Crippen molar-refractivity contribution in [2.45, 2.75) is 51.6 Å². The first kappa shape index (κ1) is 12.1. The van der Waals surface area contributed by atoms with Gasteiger partial charge in [0.15, 0.2) is 0 Å². The van der Waals surface area contributed by atoms with E-state index in [0.717, 1.165) is 32.1 Å². The Morgan fingerprint density at radius 3 is 2.87 bits per heavy atom. The summed E-state index contributed by atoms with van der Waals surface area (Å²) >= 11 is 0. The second kappa shape index (κ2) is 5.19. The molecule has 0 fully saturated rings. The summed E-state index contributed by atoms with van der Waals surface area (Å²) in [4.78, 5) is 11.1. The normalized spacial score (nSPS) is 27.3. The Labute approximate surface area is 91.4 Å². The van der Waals surface area contributed by atoms with Crippen molar-refractivity contribution in [2.75, 3.05) is 7.11 Å². The monoisotopic (exact) mass is 212 g/mol. The molecular weight excluding hydrogens is 192 g/mol. The lowest BCUT2D eigenvalue weighted by Crippen LogP contribution is -2.32. The van der Waals surface area contributed by atoms with Gasteiger partial charge < -0.3 is 9.47 Å². The molecule has 0 saturated heterocycles. The average molecular weight is 212 g/mol. The summed E-state index contributed by atoms with van der Waals surface area (Å²) in [5.74, 6) is 0. The quantitative estimate of drug-likeness (QED) is 0.493. The number of carbonyl (C=O) groups is 1. The molecule has 0 bridgehead atoms. The summed E-state index contributed by atoms with van der Waals surface area (Å²) in [7, 11) is 1.35. The van der Waals surface area contributed by atoms with E-state index in [-0.39, 0.29) is 5.60 Å². The number of hydrogen-bond donors (Lipinski definition) is 0. The fourth-order valence-electron chi connectivity index (χ4n) is 1.86. The van der Waals surface area contributed by atoms with Crippen molar-refractivity contribution in [3.63, 3.8) is 0 Å². The molecule has 0 saturated carbocycles. The molecule has 3 nitrogen and oxygen atoms in total. The van der Waals surface area contributed by atoms with Gasteiger partial charge in [0.25, 0.3) is 0 Å². The van der Waals surface area contributed by atoms with Crippen LogP contribution in [0.3, 0.4) is 0 Å². The van der Waals surface area contributed by atoms with Gasteiger partial charge in [-0.15, -0.1) is 0 Å². The third kappa shape index (κ3) is 3.94. The van der Waals surface area contributed by atoms with Crippen LogP contribution in [0, 0.1) is 0 Å². The molecule has 86 valence electrons. The lowest BCUT2D eigenvalue weighted by Gasteiger charge is -2.30. The van der Waals surface area contributed by atoms with E-state index < -0.39 is 6.16 Å². The maximum absolute atomic E-state index is 11.1. The first-order chi connectivity index (χ1) is 7.06. The molecule has 0 N–H and O–H groups in total. The zero-order valence-corrected chi connectivity index (χ0v) is 9.84. The SMILES string of the molecule is COC(=O)OC1(C)CCCC=C(C)CC1. The van der Waals surface area contributed by atoms with Crippen LogP contribution >= 0.6 is 0 Å². The molecule has 15 heavy (non-hydrogen) atoms. The van der Waals surface area contributed by atoms with E-state index in [1.54, 1.807) is 0 Å². The van der Waals surface area contributed by atoms with E-state index in [4.69, 9.17) is 4.74 Å². The molecule has 1 atom stereocenters. The standard InChI is InChI=1S/C12H20O3/c1-10-6-4-5-8-12(2,9-7-10)15-11(13)14-3/h6H,4-5,7-9H2,1-3H3. The molecule has 0 radical (unpaired) electrons. The van der Waals surface area contributed by atoms with Gasteiger partial charge in [-0.2, -0.15) is 0 Å². The van der Waals surface area contributed by atoms with Crippen molar-refractivity contribution in [1.82, 2.24) is 0 Å². The highest BCUT2D eigenvalue weighted by Gasteiger charge is 2.29. The van der Waals surface area contributed by atoms with E-state index in [0.29, 0.717) is 0 Å². The third-order valence-corrected chi connectivity index (χ3v) is 2.95. The van der Waals surface area contributed by atoms with Crippen LogP contribution in [-0.2, 0) is 9.47 Å². The minimum absolute atomic E-state index is 0.359. The Bertz CT molecular complexity index is 258. The number of rotatable bonds is 1. The topological polar surface area (TPSA) is 35.5 Å². The van der Waals surface area contributed by atoms with Gasteiger partial charge in [-0.05, 0) is 46.0 Å². The maximum atomic E-state index is 11.1. The van der Waals surface area contributed by atoms with Crippen LogP contribution in [0.15, 0.2) is 11.6 Å². The summed E-state index contributed by atoms with van der Waals surface area (Å²) in [6.07, 6.45) is 6.62. The highest BCUT2D eigenvalue weighted by Crippen LogP contribution is 2.29. The lowest BCUT2D eigenvalue weighted by molar-refractivity contribution is -0.0278. The number of methoxy groups -OCH3 is 1. The van der Waals surface area contributed by atoms with Crippen LogP contribution in [0.5, 0.6) is 0 Å². The Kier molecular flexibility index (Phi) is 4.18. The van der Waals surface area contributed by atoms with Gasteiger partial charge in [0.1, 0.15) is 5.60 Å². The van der Waals surface area contributed by atoms with Crippen molar-refractivity contribution in [3.8, 4) is 0 Å².